The number of piperazine rings is 1. The molecule has 5 nitrogen and oxygen atoms in total. The van der Waals surface area contributed by atoms with Gasteiger partial charge in [0.25, 0.3) is 0 Å². The molecule has 0 spiro atoms. The Bertz CT molecular complexity index is 504. The smallest absolute Gasteiger partial charge is 0.188 e. The summed E-state index contributed by atoms with van der Waals surface area (Å²) >= 11 is 0. The molecule has 1 aliphatic carbocycles. The Labute approximate surface area is 131 Å². The van der Waals surface area contributed by atoms with Gasteiger partial charge in [0, 0.05) is 44.5 Å². The molecule has 0 amide bonds. The van der Waals surface area contributed by atoms with E-state index in [1.165, 1.54) is 25.0 Å². The monoisotopic (exact) mass is 305 g/mol. The third-order valence-electron chi connectivity index (χ3n) is 4.19. The highest BCUT2D eigenvalue weighted by Crippen LogP contribution is 2.18. The lowest BCUT2D eigenvalue weighted by atomic mass is 10.2. The lowest BCUT2D eigenvalue weighted by molar-refractivity contribution is 0.265. The van der Waals surface area contributed by atoms with Crippen molar-refractivity contribution >= 4 is 11.6 Å². The molecule has 2 aliphatic rings. The van der Waals surface area contributed by atoms with E-state index in [1.807, 2.05) is 12.1 Å². The van der Waals surface area contributed by atoms with Gasteiger partial charge in [0.15, 0.2) is 5.96 Å². The zero-order valence-electron chi connectivity index (χ0n) is 12.8. The summed E-state index contributed by atoms with van der Waals surface area (Å²) < 4.78 is 12.9. The number of halogens is 1. The van der Waals surface area contributed by atoms with E-state index in [4.69, 9.17) is 5.73 Å². The number of benzene rings is 1. The molecule has 0 atom stereocenters. The van der Waals surface area contributed by atoms with Crippen LogP contribution in [-0.4, -0.2) is 56.2 Å². The Morgan fingerprint density at radius 3 is 2.50 bits per heavy atom. The van der Waals surface area contributed by atoms with Gasteiger partial charge in [0.2, 0.25) is 0 Å². The number of hydrogen-bond acceptors (Lipinski definition) is 3. The fourth-order valence-electron chi connectivity index (χ4n) is 2.68. The third kappa shape index (κ3) is 4.34. The molecule has 1 aliphatic heterocycles. The van der Waals surface area contributed by atoms with Gasteiger partial charge in [-0.05, 0) is 37.1 Å². The summed E-state index contributed by atoms with van der Waals surface area (Å²) in [5.41, 5.74) is 6.92. The fourth-order valence-corrected chi connectivity index (χ4v) is 2.68. The van der Waals surface area contributed by atoms with Crippen LogP contribution in [0.25, 0.3) is 0 Å². The van der Waals surface area contributed by atoms with Gasteiger partial charge >= 0.3 is 0 Å². The Balaban J connectivity index is 1.38. The summed E-state index contributed by atoms with van der Waals surface area (Å²) in [4.78, 5) is 9.06. The third-order valence-corrected chi connectivity index (χ3v) is 4.19. The minimum Gasteiger partial charge on any atom is -0.370 e. The minimum absolute atomic E-state index is 0.183. The van der Waals surface area contributed by atoms with Crippen LogP contribution in [0, 0.1) is 5.82 Å². The fraction of sp³-hybridized carbons (Fsp3) is 0.562. The summed E-state index contributed by atoms with van der Waals surface area (Å²) in [6.07, 6.45) is 2.42. The molecular weight excluding hydrogens is 281 g/mol. The van der Waals surface area contributed by atoms with Gasteiger partial charge in [-0.1, -0.05) is 0 Å². The summed E-state index contributed by atoms with van der Waals surface area (Å²) in [6.45, 7) is 5.61. The second kappa shape index (κ2) is 6.96. The number of aliphatic imine (C=N–C) groups is 1. The molecule has 1 saturated carbocycles. The van der Waals surface area contributed by atoms with Crippen LogP contribution >= 0.6 is 0 Å². The SMILES string of the molecule is NC(=NCCN1CCN(c2ccc(F)cc2)CC1)NC1CC1. The van der Waals surface area contributed by atoms with E-state index in [2.05, 4.69) is 20.1 Å². The van der Waals surface area contributed by atoms with Gasteiger partial charge in [0.1, 0.15) is 5.82 Å². The van der Waals surface area contributed by atoms with E-state index in [9.17, 15) is 4.39 Å². The van der Waals surface area contributed by atoms with Gasteiger partial charge in [0.05, 0.1) is 6.54 Å². The molecule has 1 aromatic rings. The van der Waals surface area contributed by atoms with Crippen molar-refractivity contribution in [3.05, 3.63) is 30.1 Å². The lowest BCUT2D eigenvalue weighted by Gasteiger charge is -2.35. The van der Waals surface area contributed by atoms with Crippen LogP contribution in [0.2, 0.25) is 0 Å². The first-order chi connectivity index (χ1) is 10.7. The second-order valence-electron chi connectivity index (χ2n) is 5.99. The van der Waals surface area contributed by atoms with Crippen molar-refractivity contribution in [3.63, 3.8) is 0 Å². The molecular formula is C16H24FN5. The number of rotatable bonds is 5. The summed E-state index contributed by atoms with van der Waals surface area (Å²) in [5.74, 6) is 0.394. The van der Waals surface area contributed by atoms with E-state index < -0.39 is 0 Å². The largest absolute Gasteiger partial charge is 0.370 e. The maximum absolute atomic E-state index is 12.9. The molecule has 0 radical (unpaired) electrons. The molecule has 1 aromatic carbocycles. The number of nitrogens with zero attached hydrogens (tertiary/aromatic N) is 3. The molecule has 0 aromatic heterocycles. The van der Waals surface area contributed by atoms with Crippen LogP contribution < -0.4 is 16.0 Å². The quantitative estimate of drug-likeness (QED) is 0.630. The van der Waals surface area contributed by atoms with E-state index in [0.717, 1.165) is 45.0 Å². The van der Waals surface area contributed by atoms with Crippen LogP contribution in [0.1, 0.15) is 12.8 Å². The standard InChI is InChI=1S/C16H24FN5/c17-13-1-5-15(6-2-13)22-11-9-21(10-12-22)8-7-19-16(18)20-14-3-4-14/h1-2,5-6,14H,3-4,7-12H2,(H3,18,19,20). The molecule has 3 rings (SSSR count). The van der Waals surface area contributed by atoms with Crippen molar-refractivity contribution in [2.24, 2.45) is 10.7 Å². The van der Waals surface area contributed by atoms with Crippen molar-refractivity contribution in [2.45, 2.75) is 18.9 Å². The first-order valence-electron chi connectivity index (χ1n) is 8.00. The molecule has 1 saturated heterocycles. The Morgan fingerprint density at radius 2 is 1.86 bits per heavy atom. The normalized spacial score (nSPS) is 20.2. The van der Waals surface area contributed by atoms with E-state index >= 15 is 0 Å². The van der Waals surface area contributed by atoms with Crippen molar-refractivity contribution in [1.82, 2.24) is 10.2 Å². The van der Waals surface area contributed by atoms with Crippen LogP contribution in [0.5, 0.6) is 0 Å². The molecule has 3 N–H and O–H groups in total. The number of hydrogen-bond donors (Lipinski definition) is 2. The van der Waals surface area contributed by atoms with Crippen molar-refractivity contribution in [2.75, 3.05) is 44.2 Å². The first-order valence-corrected chi connectivity index (χ1v) is 8.00. The Morgan fingerprint density at radius 1 is 1.18 bits per heavy atom. The second-order valence-corrected chi connectivity index (χ2v) is 5.99. The average molecular weight is 305 g/mol. The lowest BCUT2D eigenvalue weighted by Crippen LogP contribution is -2.47. The van der Waals surface area contributed by atoms with Gasteiger partial charge in [-0.2, -0.15) is 0 Å². The average Bonchev–Trinajstić information content (AvgIpc) is 3.33. The van der Waals surface area contributed by atoms with Crippen LogP contribution in [-0.2, 0) is 0 Å². The molecule has 1 heterocycles. The number of nitrogens with one attached hydrogen (secondary N) is 1. The highest BCUT2D eigenvalue weighted by molar-refractivity contribution is 5.78. The van der Waals surface area contributed by atoms with E-state index in [1.54, 1.807) is 0 Å². The van der Waals surface area contributed by atoms with Crippen molar-refractivity contribution in [3.8, 4) is 0 Å². The number of guanidine groups is 1. The van der Waals surface area contributed by atoms with Crippen molar-refractivity contribution < 1.29 is 4.39 Å². The summed E-state index contributed by atoms with van der Waals surface area (Å²) in [5, 5.41) is 3.20. The molecule has 120 valence electrons. The topological polar surface area (TPSA) is 56.9 Å². The number of anilines is 1. The number of nitrogens with two attached hydrogens (primary N) is 1. The maximum atomic E-state index is 12.9. The summed E-state index contributed by atoms with van der Waals surface area (Å²) in [6, 6.07) is 7.29. The van der Waals surface area contributed by atoms with Crippen LogP contribution in [0.15, 0.2) is 29.3 Å². The molecule has 0 bridgehead atoms. The predicted molar refractivity (Wildman–Crippen MR) is 87.7 cm³/mol. The first kappa shape index (κ1) is 15.1. The van der Waals surface area contributed by atoms with Crippen LogP contribution in [0.3, 0.4) is 0 Å². The zero-order valence-corrected chi connectivity index (χ0v) is 12.8. The van der Waals surface area contributed by atoms with E-state index in [0.29, 0.717) is 12.0 Å². The molecule has 2 fully saturated rings. The Hall–Kier alpha value is -1.82. The minimum atomic E-state index is -0.183. The van der Waals surface area contributed by atoms with Crippen molar-refractivity contribution in [1.29, 1.82) is 0 Å². The van der Waals surface area contributed by atoms with Gasteiger partial charge < -0.3 is 16.0 Å². The maximum Gasteiger partial charge on any atom is 0.188 e. The van der Waals surface area contributed by atoms with Gasteiger partial charge in [-0.25, -0.2) is 4.39 Å². The highest BCUT2D eigenvalue weighted by Gasteiger charge is 2.21. The molecule has 0 unspecified atom stereocenters. The van der Waals surface area contributed by atoms with Crippen LogP contribution in [0.4, 0.5) is 10.1 Å². The zero-order chi connectivity index (χ0) is 15.4. The van der Waals surface area contributed by atoms with E-state index in [-0.39, 0.29) is 5.82 Å². The Kier molecular flexibility index (Phi) is 4.77. The highest BCUT2D eigenvalue weighted by atomic mass is 19.1. The predicted octanol–water partition coefficient (Wildman–Crippen LogP) is 1.01. The molecule has 6 heteroatoms. The van der Waals surface area contributed by atoms with Gasteiger partial charge in [-0.3, -0.25) is 9.89 Å². The molecule has 22 heavy (non-hydrogen) atoms. The summed E-state index contributed by atoms with van der Waals surface area (Å²) in [7, 11) is 0. The van der Waals surface area contributed by atoms with Gasteiger partial charge in [-0.15, -0.1) is 0 Å².